The molecule has 0 aliphatic carbocycles. The molecule has 2 fully saturated rings. The summed E-state index contributed by atoms with van der Waals surface area (Å²) in [5.74, 6) is 2.96. The second-order valence-corrected chi connectivity index (χ2v) is 5.63. The van der Waals surface area contributed by atoms with Crippen LogP contribution in [0.4, 0.5) is 11.6 Å². The lowest BCUT2D eigenvalue weighted by Crippen LogP contribution is -2.54. The van der Waals surface area contributed by atoms with Crippen LogP contribution >= 0.6 is 0 Å². The molecule has 0 bridgehead atoms. The number of rotatable bonds is 2. The summed E-state index contributed by atoms with van der Waals surface area (Å²) in [4.78, 5) is 22.5. The molecule has 3 rings (SSSR count). The lowest BCUT2D eigenvalue weighted by atomic mass is 9.85. The van der Waals surface area contributed by atoms with Crippen molar-refractivity contribution in [3.63, 3.8) is 0 Å². The number of nitrogens with zero attached hydrogens (tertiary/aromatic N) is 3. The van der Waals surface area contributed by atoms with Crippen molar-refractivity contribution in [2.45, 2.75) is 38.6 Å². The van der Waals surface area contributed by atoms with Crippen LogP contribution in [0.5, 0.6) is 0 Å². The standard InChI is InChI=1S/C14H21N5O/c1-2-12-17-11(15)7-13(18-12)19-6-5-10-9(8-19)3-4-14(20)16-10/h7,9-10H,2-6,8H2,1H3,(H,16,20)(H2,15,17,18). The van der Waals surface area contributed by atoms with Gasteiger partial charge >= 0.3 is 0 Å². The van der Waals surface area contributed by atoms with Crippen LogP contribution in [0.1, 0.15) is 32.0 Å². The molecule has 3 N–H and O–H groups in total. The Hall–Kier alpha value is -1.85. The fraction of sp³-hybridized carbons (Fsp3) is 0.643. The number of amides is 1. The number of hydrogen-bond donors (Lipinski definition) is 2. The number of nitrogens with two attached hydrogens (primary N) is 1. The lowest BCUT2D eigenvalue weighted by molar-refractivity contribution is -0.124. The molecule has 0 spiro atoms. The van der Waals surface area contributed by atoms with Crippen LogP contribution in [-0.4, -0.2) is 35.0 Å². The summed E-state index contributed by atoms with van der Waals surface area (Å²) in [5, 5.41) is 3.10. The molecular weight excluding hydrogens is 254 g/mol. The zero-order chi connectivity index (χ0) is 14.1. The fourth-order valence-corrected chi connectivity index (χ4v) is 3.14. The zero-order valence-corrected chi connectivity index (χ0v) is 11.8. The van der Waals surface area contributed by atoms with Gasteiger partial charge < -0.3 is 16.0 Å². The number of hydrogen-bond acceptors (Lipinski definition) is 5. The van der Waals surface area contributed by atoms with E-state index in [0.29, 0.717) is 24.2 Å². The van der Waals surface area contributed by atoms with Gasteiger partial charge in [-0.05, 0) is 18.8 Å². The average Bonchev–Trinajstić information content (AvgIpc) is 2.46. The van der Waals surface area contributed by atoms with Crippen molar-refractivity contribution in [1.29, 1.82) is 0 Å². The number of anilines is 2. The maximum atomic E-state index is 11.4. The number of aromatic nitrogens is 2. The SMILES string of the molecule is CCc1nc(N)cc(N2CCC3NC(=O)CCC3C2)n1. The molecule has 0 aromatic carbocycles. The van der Waals surface area contributed by atoms with Crippen LogP contribution in [0.3, 0.4) is 0 Å². The van der Waals surface area contributed by atoms with E-state index in [9.17, 15) is 4.79 Å². The first-order valence-electron chi connectivity index (χ1n) is 7.33. The number of carbonyl (C=O) groups excluding carboxylic acids is 1. The molecule has 2 aliphatic heterocycles. The second kappa shape index (κ2) is 5.26. The number of nitrogens with one attached hydrogen (secondary N) is 1. The maximum absolute atomic E-state index is 11.4. The van der Waals surface area contributed by atoms with Crippen LogP contribution in [0.2, 0.25) is 0 Å². The summed E-state index contributed by atoms with van der Waals surface area (Å²) in [6, 6.07) is 2.18. The van der Waals surface area contributed by atoms with Gasteiger partial charge in [0.15, 0.2) is 0 Å². The first-order chi connectivity index (χ1) is 9.65. The molecule has 2 atom stereocenters. The maximum Gasteiger partial charge on any atom is 0.220 e. The van der Waals surface area contributed by atoms with Crippen LogP contribution < -0.4 is 16.0 Å². The van der Waals surface area contributed by atoms with Gasteiger partial charge in [0.2, 0.25) is 5.91 Å². The Labute approximate surface area is 118 Å². The highest BCUT2D eigenvalue weighted by Gasteiger charge is 2.34. The Kier molecular flexibility index (Phi) is 3.46. The number of aryl methyl sites for hydroxylation is 1. The molecule has 1 aromatic rings. The third-order valence-corrected chi connectivity index (χ3v) is 4.24. The number of fused-ring (bicyclic) bond motifs is 1. The van der Waals surface area contributed by atoms with E-state index in [1.54, 1.807) is 0 Å². The second-order valence-electron chi connectivity index (χ2n) is 5.63. The van der Waals surface area contributed by atoms with Crippen molar-refractivity contribution in [1.82, 2.24) is 15.3 Å². The predicted octanol–water partition coefficient (Wildman–Crippen LogP) is 0.726. The predicted molar refractivity (Wildman–Crippen MR) is 77.3 cm³/mol. The lowest BCUT2D eigenvalue weighted by Gasteiger charge is -2.41. The smallest absolute Gasteiger partial charge is 0.220 e. The van der Waals surface area contributed by atoms with Gasteiger partial charge in [-0.2, -0.15) is 0 Å². The zero-order valence-electron chi connectivity index (χ0n) is 11.8. The molecule has 2 unspecified atom stereocenters. The van der Waals surface area contributed by atoms with Crippen LogP contribution in [-0.2, 0) is 11.2 Å². The molecule has 1 aromatic heterocycles. The van der Waals surface area contributed by atoms with Crippen LogP contribution in [0, 0.1) is 5.92 Å². The van der Waals surface area contributed by atoms with Gasteiger partial charge in [-0.15, -0.1) is 0 Å². The third-order valence-electron chi connectivity index (χ3n) is 4.24. The third kappa shape index (κ3) is 2.55. The van der Waals surface area contributed by atoms with E-state index in [1.807, 2.05) is 13.0 Å². The van der Waals surface area contributed by atoms with Gasteiger partial charge in [-0.3, -0.25) is 4.79 Å². The van der Waals surface area contributed by atoms with Gasteiger partial charge in [0.05, 0.1) is 0 Å². The number of carbonyl (C=O) groups is 1. The van der Waals surface area contributed by atoms with Crippen molar-refractivity contribution in [2.24, 2.45) is 5.92 Å². The summed E-state index contributed by atoms with van der Waals surface area (Å²) in [5.41, 5.74) is 5.86. The first kappa shape index (κ1) is 13.1. The van der Waals surface area contributed by atoms with Gasteiger partial charge in [-0.25, -0.2) is 9.97 Å². The van der Waals surface area contributed by atoms with Gasteiger partial charge in [0, 0.05) is 38.0 Å². The highest BCUT2D eigenvalue weighted by Crippen LogP contribution is 2.28. The van der Waals surface area contributed by atoms with E-state index in [1.165, 1.54) is 0 Å². The normalized spacial score (nSPS) is 26.1. The Balaban J connectivity index is 1.76. The number of piperidine rings is 2. The molecule has 2 aliphatic rings. The molecule has 108 valence electrons. The van der Waals surface area contributed by atoms with E-state index in [-0.39, 0.29) is 5.91 Å². The Morgan fingerprint density at radius 3 is 3.10 bits per heavy atom. The van der Waals surface area contributed by atoms with Crippen LogP contribution in [0.25, 0.3) is 0 Å². The van der Waals surface area contributed by atoms with Crippen molar-refractivity contribution in [2.75, 3.05) is 23.7 Å². The highest BCUT2D eigenvalue weighted by atomic mass is 16.1. The number of nitrogen functional groups attached to an aromatic ring is 1. The summed E-state index contributed by atoms with van der Waals surface area (Å²) in [6.07, 6.45) is 3.37. The van der Waals surface area contributed by atoms with E-state index in [2.05, 4.69) is 20.2 Å². The minimum atomic E-state index is 0.194. The first-order valence-corrected chi connectivity index (χ1v) is 7.33. The van der Waals surface area contributed by atoms with E-state index in [4.69, 9.17) is 5.73 Å². The molecule has 0 saturated carbocycles. The van der Waals surface area contributed by atoms with Crippen molar-refractivity contribution in [3.05, 3.63) is 11.9 Å². The highest BCUT2D eigenvalue weighted by molar-refractivity contribution is 5.77. The summed E-state index contributed by atoms with van der Waals surface area (Å²) < 4.78 is 0. The van der Waals surface area contributed by atoms with Crippen molar-refractivity contribution >= 4 is 17.5 Å². The Morgan fingerprint density at radius 1 is 1.45 bits per heavy atom. The molecule has 1 amide bonds. The minimum Gasteiger partial charge on any atom is -0.384 e. The summed E-state index contributed by atoms with van der Waals surface area (Å²) in [6.45, 7) is 3.87. The van der Waals surface area contributed by atoms with Gasteiger partial charge in [0.25, 0.3) is 0 Å². The fourth-order valence-electron chi connectivity index (χ4n) is 3.14. The average molecular weight is 275 g/mol. The van der Waals surface area contributed by atoms with E-state index in [0.717, 1.165) is 44.0 Å². The summed E-state index contributed by atoms with van der Waals surface area (Å²) in [7, 11) is 0. The molecule has 3 heterocycles. The minimum absolute atomic E-state index is 0.194. The monoisotopic (exact) mass is 275 g/mol. The molecule has 0 radical (unpaired) electrons. The molecule has 2 saturated heterocycles. The molecule has 6 heteroatoms. The molecule has 20 heavy (non-hydrogen) atoms. The Bertz CT molecular complexity index is 518. The van der Waals surface area contributed by atoms with Crippen molar-refractivity contribution in [3.8, 4) is 0 Å². The summed E-state index contributed by atoms with van der Waals surface area (Å²) >= 11 is 0. The topological polar surface area (TPSA) is 84.1 Å². The molecular formula is C14H21N5O. The largest absolute Gasteiger partial charge is 0.384 e. The van der Waals surface area contributed by atoms with Crippen molar-refractivity contribution < 1.29 is 4.79 Å². The Morgan fingerprint density at radius 2 is 2.30 bits per heavy atom. The molecule has 6 nitrogen and oxygen atoms in total. The van der Waals surface area contributed by atoms with E-state index < -0.39 is 0 Å². The van der Waals surface area contributed by atoms with Gasteiger partial charge in [0.1, 0.15) is 17.5 Å². The van der Waals surface area contributed by atoms with Crippen LogP contribution in [0.15, 0.2) is 6.07 Å². The quantitative estimate of drug-likeness (QED) is 0.831. The van der Waals surface area contributed by atoms with E-state index >= 15 is 0 Å². The van der Waals surface area contributed by atoms with Gasteiger partial charge in [-0.1, -0.05) is 6.92 Å².